The zero-order valence-corrected chi connectivity index (χ0v) is 16.0. The van der Waals surface area contributed by atoms with E-state index in [4.69, 9.17) is 28.2 Å². The first-order valence-corrected chi connectivity index (χ1v) is 9.34. The maximum Gasteiger partial charge on any atom is 0.266 e. The van der Waals surface area contributed by atoms with Crippen LogP contribution in [0.25, 0.3) is 17.4 Å². The van der Waals surface area contributed by atoms with Crippen LogP contribution in [0.5, 0.6) is 0 Å². The molecule has 3 rings (SSSR count). The smallest absolute Gasteiger partial charge is 0.266 e. The van der Waals surface area contributed by atoms with Gasteiger partial charge in [0.25, 0.3) is 5.91 Å². The second-order valence-corrected chi connectivity index (χ2v) is 7.62. The zero-order chi connectivity index (χ0) is 18.8. The van der Waals surface area contributed by atoms with Crippen LogP contribution < -0.4 is 5.11 Å². The number of thiocarbonyl (C=S) groups is 1. The summed E-state index contributed by atoms with van der Waals surface area (Å²) in [4.78, 5) is 25.2. The van der Waals surface area contributed by atoms with E-state index in [0.717, 1.165) is 22.2 Å². The quantitative estimate of drug-likeness (QED) is 0.560. The van der Waals surface area contributed by atoms with Gasteiger partial charge in [-0.05, 0) is 30.7 Å². The first-order chi connectivity index (χ1) is 12.4. The number of hydrogen-bond acceptors (Lipinski definition) is 6. The van der Waals surface area contributed by atoms with Gasteiger partial charge in [-0.1, -0.05) is 54.6 Å². The highest BCUT2D eigenvalue weighted by molar-refractivity contribution is 8.26. The molecule has 1 saturated heterocycles. The van der Waals surface area contributed by atoms with E-state index in [1.807, 2.05) is 12.1 Å². The molecule has 2 heterocycles. The van der Waals surface area contributed by atoms with Crippen LogP contribution in [0, 0.1) is 0 Å². The summed E-state index contributed by atoms with van der Waals surface area (Å²) in [6, 6.07) is 9.63. The Labute approximate surface area is 164 Å². The minimum Gasteiger partial charge on any atom is -0.548 e. The molecule has 5 nitrogen and oxygen atoms in total. The van der Waals surface area contributed by atoms with Gasteiger partial charge in [-0.2, -0.15) is 0 Å². The molecule has 1 fully saturated rings. The summed E-state index contributed by atoms with van der Waals surface area (Å²) in [6.07, 6.45) is 1.76. The Morgan fingerprint density at radius 2 is 2.19 bits per heavy atom. The van der Waals surface area contributed by atoms with Crippen LogP contribution in [0.3, 0.4) is 0 Å². The molecule has 1 amide bonds. The topological polar surface area (TPSA) is 73.6 Å². The third kappa shape index (κ3) is 3.70. The fourth-order valence-electron chi connectivity index (χ4n) is 2.56. The van der Waals surface area contributed by atoms with E-state index in [1.54, 1.807) is 37.3 Å². The van der Waals surface area contributed by atoms with Gasteiger partial charge in [0.15, 0.2) is 0 Å². The van der Waals surface area contributed by atoms with Crippen LogP contribution in [0.1, 0.15) is 19.1 Å². The van der Waals surface area contributed by atoms with Crippen LogP contribution in [0.15, 0.2) is 45.7 Å². The lowest BCUT2D eigenvalue weighted by atomic mass is 10.2. The highest BCUT2D eigenvalue weighted by atomic mass is 35.5. The second-order valence-electron chi connectivity index (χ2n) is 5.51. The van der Waals surface area contributed by atoms with Gasteiger partial charge in [0, 0.05) is 16.7 Å². The lowest BCUT2D eigenvalue weighted by molar-refractivity contribution is -0.310. The molecule has 26 heavy (non-hydrogen) atoms. The van der Waals surface area contributed by atoms with Crippen molar-refractivity contribution in [2.75, 3.05) is 0 Å². The van der Waals surface area contributed by atoms with E-state index in [0.29, 0.717) is 21.4 Å². The molecular formula is C18H13ClNO4S2-. The average molecular weight is 407 g/mol. The summed E-state index contributed by atoms with van der Waals surface area (Å²) in [6.45, 7) is 1.66. The lowest BCUT2D eigenvalue weighted by Crippen LogP contribution is -2.49. The van der Waals surface area contributed by atoms with Gasteiger partial charge < -0.3 is 14.3 Å². The summed E-state index contributed by atoms with van der Waals surface area (Å²) in [5.74, 6) is -0.722. The van der Waals surface area contributed by atoms with E-state index in [1.165, 1.54) is 0 Å². The van der Waals surface area contributed by atoms with Crippen molar-refractivity contribution in [2.24, 2.45) is 0 Å². The predicted octanol–water partition coefficient (Wildman–Crippen LogP) is 3.33. The fraction of sp³-hybridized carbons (Fsp3) is 0.167. The molecule has 0 unspecified atom stereocenters. The van der Waals surface area contributed by atoms with Crippen LogP contribution in [0.4, 0.5) is 0 Å². The van der Waals surface area contributed by atoms with Crippen molar-refractivity contribution in [3.05, 3.63) is 52.1 Å². The van der Waals surface area contributed by atoms with Gasteiger partial charge in [-0.15, -0.1) is 0 Å². The van der Waals surface area contributed by atoms with E-state index >= 15 is 0 Å². The van der Waals surface area contributed by atoms with Crippen molar-refractivity contribution in [2.45, 2.75) is 19.4 Å². The van der Waals surface area contributed by atoms with Crippen molar-refractivity contribution < 1.29 is 19.1 Å². The highest BCUT2D eigenvalue weighted by Crippen LogP contribution is 2.35. The maximum absolute atomic E-state index is 12.5. The van der Waals surface area contributed by atoms with E-state index < -0.39 is 17.9 Å². The lowest BCUT2D eigenvalue weighted by Gasteiger charge is -2.26. The number of aliphatic carboxylic acids is 1. The molecule has 134 valence electrons. The molecule has 1 aromatic heterocycles. The van der Waals surface area contributed by atoms with Gasteiger partial charge in [-0.3, -0.25) is 9.69 Å². The van der Waals surface area contributed by atoms with E-state index in [9.17, 15) is 14.7 Å². The summed E-state index contributed by atoms with van der Waals surface area (Å²) >= 11 is 12.2. The number of benzene rings is 1. The summed E-state index contributed by atoms with van der Waals surface area (Å²) in [5.41, 5.74) is 0.813. The fourth-order valence-corrected chi connectivity index (χ4v) is 4.09. The summed E-state index contributed by atoms with van der Waals surface area (Å²) in [7, 11) is 0. The molecule has 1 aliphatic heterocycles. The Bertz CT molecular complexity index is 921. The number of hydrogen-bond donors (Lipinski definition) is 0. The van der Waals surface area contributed by atoms with Crippen LogP contribution in [-0.2, 0) is 9.59 Å². The number of nitrogens with zero attached hydrogens (tertiary/aromatic N) is 1. The molecule has 0 N–H and O–H groups in total. The van der Waals surface area contributed by atoms with Gasteiger partial charge in [0.05, 0.1) is 16.9 Å². The SMILES string of the molecule is CC[C@H](C(=O)[O-])N1C(=O)C(=Cc2ccc(-c3cccc(Cl)c3)o2)SC1=S. The van der Waals surface area contributed by atoms with E-state index in [2.05, 4.69) is 0 Å². The molecule has 0 spiro atoms. The number of carboxylic acid groups (broad SMARTS) is 1. The third-order valence-corrected chi connectivity index (χ3v) is 5.37. The van der Waals surface area contributed by atoms with Crippen LogP contribution in [0.2, 0.25) is 5.02 Å². The first kappa shape index (κ1) is 18.7. The molecule has 1 aromatic carbocycles. The maximum atomic E-state index is 12.5. The first-order valence-electron chi connectivity index (χ1n) is 7.74. The van der Waals surface area contributed by atoms with Gasteiger partial charge in [0.1, 0.15) is 15.8 Å². The third-order valence-electron chi connectivity index (χ3n) is 3.80. The van der Waals surface area contributed by atoms with Crippen LogP contribution in [-0.4, -0.2) is 27.1 Å². The minimum absolute atomic E-state index is 0.193. The molecule has 1 atom stereocenters. The molecule has 1 aliphatic rings. The predicted molar refractivity (Wildman–Crippen MR) is 103 cm³/mol. The van der Waals surface area contributed by atoms with Gasteiger partial charge in [-0.25, -0.2) is 0 Å². The van der Waals surface area contributed by atoms with Crippen molar-refractivity contribution in [3.8, 4) is 11.3 Å². The summed E-state index contributed by atoms with van der Waals surface area (Å²) in [5, 5.41) is 11.8. The molecule has 0 radical (unpaired) electrons. The number of halogens is 1. The Morgan fingerprint density at radius 3 is 2.85 bits per heavy atom. The standard InChI is InChI=1S/C18H14ClNO4S2/c1-2-13(17(22)23)20-16(21)15(26-18(20)25)9-12-6-7-14(24-12)10-4-3-5-11(19)8-10/h3-9,13H,2H2,1H3,(H,22,23)/p-1/t13-/m1/s1. The van der Waals surface area contributed by atoms with Gasteiger partial charge in [0.2, 0.25) is 0 Å². The molecule has 0 bridgehead atoms. The van der Waals surface area contributed by atoms with Crippen LogP contribution >= 0.6 is 35.6 Å². The normalized spacial score (nSPS) is 17.2. The number of carboxylic acids is 1. The largest absolute Gasteiger partial charge is 0.548 e. The number of carbonyl (C=O) groups excluding carboxylic acids is 2. The van der Waals surface area contributed by atoms with Crippen molar-refractivity contribution in [1.29, 1.82) is 0 Å². The summed E-state index contributed by atoms with van der Waals surface area (Å²) < 4.78 is 5.94. The monoisotopic (exact) mass is 406 g/mol. The Kier molecular flexibility index (Phi) is 5.50. The van der Waals surface area contributed by atoms with E-state index in [-0.39, 0.29) is 10.7 Å². The second kappa shape index (κ2) is 7.65. The highest BCUT2D eigenvalue weighted by Gasteiger charge is 2.37. The number of carbonyl (C=O) groups is 2. The Balaban J connectivity index is 1.86. The zero-order valence-electron chi connectivity index (χ0n) is 13.6. The molecule has 2 aromatic rings. The van der Waals surface area contributed by atoms with Crippen molar-refractivity contribution >= 4 is 57.9 Å². The molecule has 0 aliphatic carbocycles. The van der Waals surface area contributed by atoms with Gasteiger partial charge >= 0.3 is 0 Å². The Morgan fingerprint density at radius 1 is 1.42 bits per heavy atom. The number of amides is 1. The molecular weight excluding hydrogens is 394 g/mol. The average Bonchev–Trinajstić information content (AvgIpc) is 3.16. The molecule has 8 heteroatoms. The molecule has 0 saturated carbocycles. The number of thioether (sulfide) groups is 1. The number of furan rings is 1. The van der Waals surface area contributed by atoms with Crippen molar-refractivity contribution in [3.63, 3.8) is 0 Å². The van der Waals surface area contributed by atoms with Crippen molar-refractivity contribution in [1.82, 2.24) is 4.90 Å². The number of rotatable bonds is 5. The Hall–Kier alpha value is -2.09. The minimum atomic E-state index is -1.33.